The van der Waals surface area contributed by atoms with Gasteiger partial charge in [-0.05, 0) is 37.0 Å². The van der Waals surface area contributed by atoms with E-state index in [0.29, 0.717) is 11.4 Å². The van der Waals surface area contributed by atoms with Gasteiger partial charge < -0.3 is 5.73 Å². The molecule has 0 radical (unpaired) electrons. The first-order chi connectivity index (χ1) is 7.13. The maximum absolute atomic E-state index is 12.8. The summed E-state index contributed by atoms with van der Waals surface area (Å²) >= 11 is 5.89. The number of hydrogen-bond acceptors (Lipinski definition) is 1. The van der Waals surface area contributed by atoms with E-state index < -0.39 is 0 Å². The Kier molecular flexibility index (Phi) is 4.79. The fraction of sp³-hybridized carbons (Fsp3) is 0.333. The zero-order chi connectivity index (χ0) is 11.3. The number of hydrogen-bond donors (Lipinski definition) is 1. The predicted molar refractivity (Wildman–Crippen MR) is 62.5 cm³/mol. The van der Waals surface area contributed by atoms with Crippen LogP contribution in [0.2, 0.25) is 5.02 Å². The lowest BCUT2D eigenvalue weighted by Crippen LogP contribution is -2.22. The summed E-state index contributed by atoms with van der Waals surface area (Å²) in [6, 6.07) is 4.45. The Morgan fingerprint density at radius 1 is 1.53 bits per heavy atom. The molecule has 0 saturated heterocycles. The van der Waals surface area contributed by atoms with Gasteiger partial charge in [-0.25, -0.2) is 4.39 Å². The highest BCUT2D eigenvalue weighted by Gasteiger charge is 2.07. The van der Waals surface area contributed by atoms with Crippen molar-refractivity contribution in [2.45, 2.75) is 25.3 Å². The summed E-state index contributed by atoms with van der Waals surface area (Å²) in [6.45, 7) is 3.64. The Morgan fingerprint density at radius 2 is 2.27 bits per heavy atom. The molecule has 15 heavy (non-hydrogen) atoms. The summed E-state index contributed by atoms with van der Waals surface area (Å²) < 4.78 is 12.8. The average molecular weight is 228 g/mol. The normalized spacial score (nSPS) is 12.5. The predicted octanol–water partition coefficient (Wildman–Crippen LogP) is 3.32. The van der Waals surface area contributed by atoms with Crippen LogP contribution in [0.5, 0.6) is 0 Å². The lowest BCUT2D eigenvalue weighted by molar-refractivity contribution is 0.610. The number of benzene rings is 1. The zero-order valence-electron chi connectivity index (χ0n) is 8.55. The van der Waals surface area contributed by atoms with Crippen molar-refractivity contribution in [3.63, 3.8) is 0 Å². The Balaban J connectivity index is 2.59. The number of allylic oxidation sites excluding steroid dienone is 1. The minimum atomic E-state index is -0.316. The van der Waals surface area contributed by atoms with Gasteiger partial charge in [0.2, 0.25) is 0 Å². The second-order valence-corrected chi connectivity index (χ2v) is 3.97. The van der Waals surface area contributed by atoms with Crippen LogP contribution in [0.1, 0.15) is 18.4 Å². The van der Waals surface area contributed by atoms with Gasteiger partial charge in [0.05, 0.1) is 0 Å². The van der Waals surface area contributed by atoms with E-state index in [1.807, 2.05) is 6.08 Å². The molecule has 0 heterocycles. The van der Waals surface area contributed by atoms with Crippen LogP contribution in [0.25, 0.3) is 0 Å². The van der Waals surface area contributed by atoms with E-state index >= 15 is 0 Å². The maximum Gasteiger partial charge on any atom is 0.124 e. The summed E-state index contributed by atoms with van der Waals surface area (Å²) in [4.78, 5) is 0. The fourth-order valence-corrected chi connectivity index (χ4v) is 1.65. The molecule has 0 saturated carbocycles. The monoisotopic (exact) mass is 227 g/mol. The van der Waals surface area contributed by atoms with Crippen molar-refractivity contribution in [1.82, 2.24) is 0 Å². The highest BCUT2D eigenvalue weighted by molar-refractivity contribution is 6.31. The largest absolute Gasteiger partial charge is 0.327 e. The Bertz CT molecular complexity index is 338. The van der Waals surface area contributed by atoms with E-state index in [0.717, 1.165) is 18.4 Å². The lowest BCUT2D eigenvalue weighted by atomic mass is 10.0. The topological polar surface area (TPSA) is 26.0 Å². The third-order valence-corrected chi connectivity index (χ3v) is 2.59. The highest BCUT2D eigenvalue weighted by atomic mass is 35.5. The van der Waals surface area contributed by atoms with E-state index in [2.05, 4.69) is 6.58 Å². The van der Waals surface area contributed by atoms with Crippen LogP contribution in [-0.4, -0.2) is 6.04 Å². The molecule has 3 heteroatoms. The summed E-state index contributed by atoms with van der Waals surface area (Å²) in [6.07, 6.45) is 4.27. The maximum atomic E-state index is 12.8. The van der Waals surface area contributed by atoms with Crippen LogP contribution in [0.15, 0.2) is 30.9 Å². The average Bonchev–Trinajstić information content (AvgIpc) is 2.19. The van der Waals surface area contributed by atoms with E-state index in [1.54, 1.807) is 6.07 Å². The molecule has 1 nitrogen and oxygen atoms in total. The zero-order valence-corrected chi connectivity index (χ0v) is 9.30. The molecule has 0 aliphatic carbocycles. The number of halogens is 2. The molecule has 0 amide bonds. The van der Waals surface area contributed by atoms with Crippen molar-refractivity contribution < 1.29 is 4.39 Å². The van der Waals surface area contributed by atoms with Crippen LogP contribution < -0.4 is 5.73 Å². The van der Waals surface area contributed by atoms with Crippen LogP contribution in [0.3, 0.4) is 0 Å². The van der Waals surface area contributed by atoms with Gasteiger partial charge in [-0.3, -0.25) is 0 Å². The third-order valence-electron chi connectivity index (χ3n) is 2.24. The first-order valence-corrected chi connectivity index (χ1v) is 5.31. The molecular formula is C12H15ClFN. The molecule has 0 bridgehead atoms. The molecule has 1 aromatic rings. The molecule has 0 fully saturated rings. The lowest BCUT2D eigenvalue weighted by Gasteiger charge is -2.11. The van der Waals surface area contributed by atoms with Gasteiger partial charge in [0.15, 0.2) is 0 Å². The third kappa shape index (κ3) is 4.02. The highest BCUT2D eigenvalue weighted by Crippen LogP contribution is 2.19. The number of nitrogens with two attached hydrogens (primary N) is 1. The fourth-order valence-electron chi connectivity index (χ4n) is 1.40. The van der Waals surface area contributed by atoms with Crippen molar-refractivity contribution in [1.29, 1.82) is 0 Å². The van der Waals surface area contributed by atoms with Crippen molar-refractivity contribution in [3.05, 3.63) is 47.3 Å². The van der Waals surface area contributed by atoms with E-state index in [1.165, 1.54) is 12.1 Å². The van der Waals surface area contributed by atoms with Crippen molar-refractivity contribution in [2.24, 2.45) is 5.73 Å². The van der Waals surface area contributed by atoms with E-state index in [9.17, 15) is 4.39 Å². The molecule has 1 atom stereocenters. The first-order valence-electron chi connectivity index (χ1n) is 4.94. The molecule has 0 aliphatic heterocycles. The Morgan fingerprint density at radius 3 is 2.87 bits per heavy atom. The second kappa shape index (κ2) is 5.89. The van der Waals surface area contributed by atoms with E-state index in [4.69, 9.17) is 17.3 Å². The smallest absolute Gasteiger partial charge is 0.124 e. The summed E-state index contributed by atoms with van der Waals surface area (Å²) in [5, 5.41) is 0.448. The Hall–Kier alpha value is -0.860. The van der Waals surface area contributed by atoms with Crippen molar-refractivity contribution in [2.75, 3.05) is 0 Å². The van der Waals surface area contributed by atoms with Crippen LogP contribution in [0.4, 0.5) is 4.39 Å². The van der Waals surface area contributed by atoms with Crippen LogP contribution in [-0.2, 0) is 6.42 Å². The molecule has 0 spiro atoms. The van der Waals surface area contributed by atoms with Crippen molar-refractivity contribution >= 4 is 11.6 Å². The van der Waals surface area contributed by atoms with Crippen LogP contribution >= 0.6 is 11.6 Å². The number of rotatable bonds is 5. The van der Waals surface area contributed by atoms with Gasteiger partial charge in [0, 0.05) is 11.1 Å². The minimum Gasteiger partial charge on any atom is -0.327 e. The summed E-state index contributed by atoms with van der Waals surface area (Å²) in [7, 11) is 0. The quantitative estimate of drug-likeness (QED) is 0.768. The van der Waals surface area contributed by atoms with E-state index in [-0.39, 0.29) is 11.9 Å². The minimum absolute atomic E-state index is 0.0472. The summed E-state index contributed by atoms with van der Waals surface area (Å²) in [5.74, 6) is -0.316. The Labute approximate surface area is 94.7 Å². The van der Waals surface area contributed by atoms with Crippen molar-refractivity contribution in [3.8, 4) is 0 Å². The van der Waals surface area contributed by atoms with Gasteiger partial charge in [-0.2, -0.15) is 0 Å². The van der Waals surface area contributed by atoms with Gasteiger partial charge in [0.1, 0.15) is 5.82 Å². The standard InChI is InChI=1S/C12H15ClFN/c1-2-3-4-11(15)7-9-5-6-10(14)8-12(9)13/h2,5-6,8,11H,1,3-4,7,15H2. The molecule has 82 valence electrons. The van der Waals surface area contributed by atoms with Gasteiger partial charge in [0.25, 0.3) is 0 Å². The van der Waals surface area contributed by atoms with Crippen LogP contribution in [0, 0.1) is 5.82 Å². The molecule has 1 rings (SSSR count). The first kappa shape index (κ1) is 12.2. The van der Waals surface area contributed by atoms with Gasteiger partial charge in [-0.15, -0.1) is 6.58 Å². The molecule has 0 aliphatic rings. The van der Waals surface area contributed by atoms with Gasteiger partial charge >= 0.3 is 0 Å². The molecular weight excluding hydrogens is 213 g/mol. The molecule has 1 unspecified atom stereocenters. The second-order valence-electron chi connectivity index (χ2n) is 3.57. The molecule has 1 aromatic carbocycles. The molecule has 0 aromatic heterocycles. The molecule has 2 N–H and O–H groups in total. The SMILES string of the molecule is C=CCCC(N)Cc1ccc(F)cc1Cl. The summed E-state index contributed by atoms with van der Waals surface area (Å²) in [5.41, 5.74) is 6.80. The van der Waals surface area contributed by atoms with Gasteiger partial charge in [-0.1, -0.05) is 23.7 Å².